The van der Waals surface area contributed by atoms with Gasteiger partial charge in [-0.3, -0.25) is 0 Å². The van der Waals surface area contributed by atoms with Crippen molar-refractivity contribution in [3.63, 3.8) is 0 Å². The van der Waals surface area contributed by atoms with Crippen LogP contribution in [0, 0.1) is 5.92 Å². The van der Waals surface area contributed by atoms with Crippen LogP contribution in [0.1, 0.15) is 54.4 Å². The summed E-state index contributed by atoms with van der Waals surface area (Å²) in [6, 6.07) is 7.39. The van der Waals surface area contributed by atoms with E-state index < -0.39 is 5.97 Å². The van der Waals surface area contributed by atoms with Crippen LogP contribution in [0.25, 0.3) is 0 Å². The molecule has 1 aliphatic rings. The monoisotopic (exact) mass is 218 g/mol. The number of rotatable bonds is 2. The summed E-state index contributed by atoms with van der Waals surface area (Å²) in [5, 5.41) is 8.82. The van der Waals surface area contributed by atoms with Gasteiger partial charge in [0.15, 0.2) is 0 Å². The normalized spacial score (nSPS) is 25.3. The molecule has 1 saturated carbocycles. The van der Waals surface area contributed by atoms with E-state index in [2.05, 4.69) is 6.92 Å². The molecule has 0 radical (unpaired) electrons. The summed E-state index contributed by atoms with van der Waals surface area (Å²) >= 11 is 0. The summed E-state index contributed by atoms with van der Waals surface area (Å²) in [7, 11) is 0. The Bertz CT molecular complexity index is 359. The zero-order valence-electron chi connectivity index (χ0n) is 9.65. The van der Waals surface area contributed by atoms with E-state index in [0.717, 1.165) is 5.92 Å². The van der Waals surface area contributed by atoms with Gasteiger partial charge >= 0.3 is 5.97 Å². The van der Waals surface area contributed by atoms with Crippen LogP contribution in [0.4, 0.5) is 0 Å². The van der Waals surface area contributed by atoms with Crippen LogP contribution < -0.4 is 0 Å². The zero-order valence-corrected chi connectivity index (χ0v) is 9.65. The second-order valence-corrected chi connectivity index (χ2v) is 4.88. The van der Waals surface area contributed by atoms with Crippen molar-refractivity contribution in [1.29, 1.82) is 0 Å². The molecule has 0 aliphatic heterocycles. The molecule has 0 spiro atoms. The van der Waals surface area contributed by atoms with Crippen molar-refractivity contribution in [2.75, 3.05) is 0 Å². The second kappa shape index (κ2) is 4.69. The molecule has 1 aromatic carbocycles. The van der Waals surface area contributed by atoms with Gasteiger partial charge in [0.05, 0.1) is 5.56 Å². The molecule has 0 amide bonds. The van der Waals surface area contributed by atoms with Gasteiger partial charge in [0, 0.05) is 0 Å². The first kappa shape index (κ1) is 11.2. The first-order valence-electron chi connectivity index (χ1n) is 6.00. The number of hydrogen-bond donors (Lipinski definition) is 1. The van der Waals surface area contributed by atoms with Gasteiger partial charge in [-0.1, -0.05) is 31.9 Å². The van der Waals surface area contributed by atoms with Crippen LogP contribution in [-0.4, -0.2) is 11.1 Å². The lowest BCUT2D eigenvalue weighted by atomic mass is 9.79. The van der Waals surface area contributed by atoms with Gasteiger partial charge in [-0.15, -0.1) is 0 Å². The van der Waals surface area contributed by atoms with E-state index >= 15 is 0 Å². The standard InChI is InChI=1S/C14H18O2/c1-10-2-4-11(5-3-10)12-6-8-13(9-7-12)14(15)16/h6-11H,2-5H2,1H3,(H,15,16). The number of benzene rings is 1. The number of aromatic carboxylic acids is 1. The molecule has 0 bridgehead atoms. The highest BCUT2D eigenvalue weighted by Crippen LogP contribution is 2.35. The lowest BCUT2D eigenvalue weighted by Gasteiger charge is -2.26. The Morgan fingerprint density at radius 3 is 2.19 bits per heavy atom. The minimum absolute atomic E-state index is 0.382. The molecule has 1 fully saturated rings. The topological polar surface area (TPSA) is 37.3 Å². The lowest BCUT2D eigenvalue weighted by molar-refractivity contribution is 0.0697. The van der Waals surface area contributed by atoms with Crippen molar-refractivity contribution in [1.82, 2.24) is 0 Å². The maximum absolute atomic E-state index is 10.7. The fraction of sp³-hybridized carbons (Fsp3) is 0.500. The molecule has 0 saturated heterocycles. The molecule has 0 unspecified atom stereocenters. The second-order valence-electron chi connectivity index (χ2n) is 4.88. The van der Waals surface area contributed by atoms with Crippen LogP contribution in [0.5, 0.6) is 0 Å². The van der Waals surface area contributed by atoms with Gasteiger partial charge in [-0.2, -0.15) is 0 Å². The predicted molar refractivity (Wildman–Crippen MR) is 63.8 cm³/mol. The molecule has 1 aromatic rings. The molecule has 2 nitrogen and oxygen atoms in total. The van der Waals surface area contributed by atoms with Crippen molar-refractivity contribution < 1.29 is 9.90 Å². The van der Waals surface area contributed by atoms with Gasteiger partial charge in [0.2, 0.25) is 0 Å². The van der Waals surface area contributed by atoms with Crippen LogP contribution in [0.3, 0.4) is 0 Å². The number of carbonyl (C=O) groups is 1. The Hall–Kier alpha value is -1.31. The molecular weight excluding hydrogens is 200 g/mol. The van der Waals surface area contributed by atoms with E-state index in [1.54, 1.807) is 12.1 Å². The maximum Gasteiger partial charge on any atom is 0.335 e. The Balaban J connectivity index is 2.07. The quantitative estimate of drug-likeness (QED) is 0.822. The minimum Gasteiger partial charge on any atom is -0.478 e. The summed E-state index contributed by atoms with van der Waals surface area (Å²) < 4.78 is 0. The van der Waals surface area contributed by atoms with E-state index in [1.165, 1.54) is 31.2 Å². The van der Waals surface area contributed by atoms with Crippen LogP contribution in [0.15, 0.2) is 24.3 Å². The van der Waals surface area contributed by atoms with Gasteiger partial charge in [-0.25, -0.2) is 4.79 Å². The SMILES string of the molecule is CC1CCC(c2ccc(C(=O)O)cc2)CC1. The third kappa shape index (κ3) is 2.43. The Labute approximate surface area is 96.3 Å². The first-order chi connectivity index (χ1) is 7.66. The summed E-state index contributed by atoms with van der Waals surface area (Å²) in [5.74, 6) is 0.650. The third-order valence-corrected chi connectivity index (χ3v) is 3.64. The number of carboxylic acid groups (broad SMARTS) is 1. The van der Waals surface area contributed by atoms with E-state index in [9.17, 15) is 4.79 Å². The molecule has 2 rings (SSSR count). The van der Waals surface area contributed by atoms with Crippen LogP contribution >= 0.6 is 0 Å². The lowest BCUT2D eigenvalue weighted by Crippen LogP contribution is -2.10. The van der Waals surface area contributed by atoms with Gasteiger partial charge in [0.25, 0.3) is 0 Å². The summed E-state index contributed by atoms with van der Waals surface area (Å²) in [6.45, 7) is 2.31. The van der Waals surface area contributed by atoms with E-state index in [0.29, 0.717) is 11.5 Å². The maximum atomic E-state index is 10.7. The molecule has 86 valence electrons. The van der Waals surface area contributed by atoms with Crippen molar-refractivity contribution in [3.8, 4) is 0 Å². The molecule has 1 aliphatic carbocycles. The molecule has 1 N–H and O–H groups in total. The predicted octanol–water partition coefficient (Wildman–Crippen LogP) is 3.68. The van der Waals surface area contributed by atoms with Gasteiger partial charge in [-0.05, 0) is 42.4 Å². The molecular formula is C14H18O2. The van der Waals surface area contributed by atoms with Crippen molar-refractivity contribution in [2.24, 2.45) is 5.92 Å². The smallest absolute Gasteiger partial charge is 0.335 e. The third-order valence-electron chi connectivity index (χ3n) is 3.64. The van der Waals surface area contributed by atoms with E-state index in [1.807, 2.05) is 12.1 Å². The molecule has 2 heteroatoms. The Kier molecular flexibility index (Phi) is 3.28. The molecule has 0 atom stereocenters. The highest BCUT2D eigenvalue weighted by molar-refractivity contribution is 5.87. The number of carboxylic acids is 1. The summed E-state index contributed by atoms with van der Waals surface area (Å²) in [4.78, 5) is 10.7. The summed E-state index contributed by atoms with van der Waals surface area (Å²) in [6.07, 6.45) is 5.08. The van der Waals surface area contributed by atoms with Crippen LogP contribution in [0.2, 0.25) is 0 Å². The van der Waals surface area contributed by atoms with Crippen molar-refractivity contribution in [3.05, 3.63) is 35.4 Å². The zero-order chi connectivity index (χ0) is 11.5. The van der Waals surface area contributed by atoms with Crippen LogP contribution in [-0.2, 0) is 0 Å². The average Bonchev–Trinajstić information content (AvgIpc) is 2.30. The molecule has 16 heavy (non-hydrogen) atoms. The number of hydrogen-bond acceptors (Lipinski definition) is 1. The Morgan fingerprint density at radius 1 is 1.12 bits per heavy atom. The van der Waals surface area contributed by atoms with Gasteiger partial charge < -0.3 is 5.11 Å². The highest BCUT2D eigenvalue weighted by Gasteiger charge is 2.19. The van der Waals surface area contributed by atoms with E-state index in [4.69, 9.17) is 5.11 Å². The molecule has 0 aromatic heterocycles. The summed E-state index contributed by atoms with van der Waals surface area (Å²) in [5.41, 5.74) is 1.69. The van der Waals surface area contributed by atoms with Gasteiger partial charge in [0.1, 0.15) is 0 Å². The molecule has 0 heterocycles. The Morgan fingerprint density at radius 2 is 1.69 bits per heavy atom. The average molecular weight is 218 g/mol. The van der Waals surface area contributed by atoms with Crippen molar-refractivity contribution >= 4 is 5.97 Å². The van der Waals surface area contributed by atoms with Crippen molar-refractivity contribution in [2.45, 2.75) is 38.5 Å². The highest BCUT2D eigenvalue weighted by atomic mass is 16.4. The van der Waals surface area contributed by atoms with E-state index in [-0.39, 0.29) is 0 Å². The largest absolute Gasteiger partial charge is 0.478 e. The first-order valence-corrected chi connectivity index (χ1v) is 6.00. The fourth-order valence-electron chi connectivity index (χ4n) is 2.49. The fourth-order valence-corrected chi connectivity index (χ4v) is 2.49. The minimum atomic E-state index is -0.844.